The predicted molar refractivity (Wildman–Crippen MR) is 106 cm³/mol. The van der Waals surface area contributed by atoms with Crippen molar-refractivity contribution in [2.75, 3.05) is 6.61 Å². The summed E-state index contributed by atoms with van der Waals surface area (Å²) in [5, 5.41) is 10.1. The van der Waals surface area contributed by atoms with E-state index in [0.29, 0.717) is 6.61 Å². The van der Waals surface area contributed by atoms with Gasteiger partial charge in [-0.05, 0) is 75.4 Å². The smallest absolute Gasteiger partial charge is 0.138 e. The zero-order valence-electron chi connectivity index (χ0n) is 16.3. The Kier molecular flexibility index (Phi) is 5.33. The zero-order chi connectivity index (χ0) is 18.8. The Hall–Kier alpha value is -2.33. The fourth-order valence-electron chi connectivity index (χ4n) is 3.38. The Balaban J connectivity index is 1.78. The lowest BCUT2D eigenvalue weighted by atomic mass is 10.1. The third-order valence-electron chi connectivity index (χ3n) is 4.95. The number of aliphatic hydroxyl groups is 1. The molecule has 0 bridgehead atoms. The number of aliphatic hydroxyl groups excluding tert-OH is 1. The van der Waals surface area contributed by atoms with Crippen LogP contribution in [0.4, 0.5) is 0 Å². The maximum atomic E-state index is 10.1. The summed E-state index contributed by atoms with van der Waals surface area (Å²) < 4.78 is 8.15. The molecule has 3 aromatic rings. The molecule has 4 heteroatoms. The molecule has 3 rings (SSSR count). The lowest BCUT2D eigenvalue weighted by Crippen LogP contribution is -2.10. The Morgan fingerprint density at radius 3 is 2.35 bits per heavy atom. The first-order chi connectivity index (χ1) is 12.4. The van der Waals surface area contributed by atoms with Crippen LogP contribution in [-0.2, 0) is 6.54 Å². The molecule has 0 radical (unpaired) electrons. The number of ether oxygens (including phenoxy) is 1. The number of fused-ring (bicyclic) bond motifs is 1. The molecular formula is C22H28N2O2. The van der Waals surface area contributed by atoms with E-state index in [4.69, 9.17) is 4.74 Å². The van der Waals surface area contributed by atoms with E-state index in [-0.39, 0.29) is 0 Å². The van der Waals surface area contributed by atoms with Gasteiger partial charge in [0.25, 0.3) is 0 Å². The first-order valence-corrected chi connectivity index (χ1v) is 9.23. The summed E-state index contributed by atoms with van der Waals surface area (Å²) in [4.78, 5) is 4.65. The van der Waals surface area contributed by atoms with Crippen molar-refractivity contribution in [3.8, 4) is 5.75 Å². The topological polar surface area (TPSA) is 47.3 Å². The molecule has 1 aromatic heterocycles. The van der Waals surface area contributed by atoms with E-state index in [2.05, 4.69) is 61.5 Å². The number of aromatic nitrogens is 2. The molecule has 0 amide bonds. The molecule has 138 valence electrons. The average molecular weight is 352 g/mol. The SMILES string of the molecule is Cc1cc2nc(C(C)O)n(CCCOc3c(C)cccc3C)c2cc1C. The van der Waals surface area contributed by atoms with Crippen LogP contribution in [0.2, 0.25) is 0 Å². The number of hydrogen-bond donors (Lipinski definition) is 1. The van der Waals surface area contributed by atoms with Crippen LogP contribution in [-0.4, -0.2) is 21.3 Å². The summed E-state index contributed by atoms with van der Waals surface area (Å²) in [6.45, 7) is 11.5. The van der Waals surface area contributed by atoms with Crippen molar-refractivity contribution in [2.45, 2.75) is 53.7 Å². The van der Waals surface area contributed by atoms with E-state index in [1.54, 1.807) is 6.92 Å². The predicted octanol–water partition coefficient (Wildman–Crippen LogP) is 4.79. The van der Waals surface area contributed by atoms with Crippen LogP contribution in [0.3, 0.4) is 0 Å². The van der Waals surface area contributed by atoms with Crippen LogP contribution >= 0.6 is 0 Å². The van der Waals surface area contributed by atoms with Crippen LogP contribution in [0.1, 0.15) is 47.5 Å². The second-order valence-electron chi connectivity index (χ2n) is 7.15. The van der Waals surface area contributed by atoms with E-state index in [0.717, 1.165) is 46.7 Å². The molecule has 26 heavy (non-hydrogen) atoms. The monoisotopic (exact) mass is 352 g/mol. The maximum Gasteiger partial charge on any atom is 0.138 e. The minimum absolute atomic E-state index is 0.595. The molecule has 1 atom stereocenters. The van der Waals surface area contributed by atoms with Crippen LogP contribution in [0.15, 0.2) is 30.3 Å². The van der Waals surface area contributed by atoms with Gasteiger partial charge in [-0.15, -0.1) is 0 Å². The number of para-hydroxylation sites is 1. The Morgan fingerprint density at radius 1 is 1.04 bits per heavy atom. The summed E-state index contributed by atoms with van der Waals surface area (Å²) in [7, 11) is 0. The van der Waals surface area contributed by atoms with Crippen molar-refractivity contribution in [1.29, 1.82) is 0 Å². The first kappa shape index (κ1) is 18.5. The van der Waals surface area contributed by atoms with Crippen molar-refractivity contribution < 1.29 is 9.84 Å². The normalized spacial score (nSPS) is 12.5. The largest absolute Gasteiger partial charge is 0.493 e. The maximum absolute atomic E-state index is 10.1. The van der Waals surface area contributed by atoms with E-state index in [1.807, 2.05) is 6.07 Å². The first-order valence-electron chi connectivity index (χ1n) is 9.23. The fraction of sp³-hybridized carbons (Fsp3) is 0.409. The summed E-state index contributed by atoms with van der Waals surface area (Å²) in [5.41, 5.74) is 6.80. The highest BCUT2D eigenvalue weighted by Crippen LogP contribution is 2.25. The van der Waals surface area contributed by atoms with Crippen molar-refractivity contribution in [1.82, 2.24) is 9.55 Å². The van der Waals surface area contributed by atoms with Gasteiger partial charge in [-0.2, -0.15) is 0 Å². The molecule has 0 spiro atoms. The summed E-state index contributed by atoms with van der Waals surface area (Å²) in [6.07, 6.45) is 0.258. The second-order valence-corrected chi connectivity index (χ2v) is 7.15. The number of imidazole rings is 1. The molecule has 0 aliphatic carbocycles. The summed E-state index contributed by atoms with van der Waals surface area (Å²) in [5.74, 6) is 1.70. The lowest BCUT2D eigenvalue weighted by molar-refractivity contribution is 0.183. The molecule has 0 aliphatic heterocycles. The van der Waals surface area contributed by atoms with E-state index in [9.17, 15) is 5.11 Å². The summed E-state index contributed by atoms with van der Waals surface area (Å²) in [6, 6.07) is 10.5. The fourth-order valence-corrected chi connectivity index (χ4v) is 3.38. The number of rotatable bonds is 6. The molecule has 1 unspecified atom stereocenters. The highest BCUT2D eigenvalue weighted by molar-refractivity contribution is 5.78. The van der Waals surface area contributed by atoms with Gasteiger partial charge in [0.1, 0.15) is 17.7 Å². The van der Waals surface area contributed by atoms with Gasteiger partial charge in [0.2, 0.25) is 0 Å². The standard InChI is InChI=1S/C22H28N2O2/c1-14-8-6-9-15(2)21(14)26-11-7-10-24-20-13-17(4)16(3)12-19(20)23-22(24)18(5)25/h6,8-9,12-13,18,25H,7,10-11H2,1-5H3. The minimum atomic E-state index is -0.595. The van der Waals surface area contributed by atoms with Crippen molar-refractivity contribution in [3.63, 3.8) is 0 Å². The van der Waals surface area contributed by atoms with Gasteiger partial charge in [0.05, 0.1) is 17.6 Å². The van der Waals surface area contributed by atoms with E-state index >= 15 is 0 Å². The molecule has 4 nitrogen and oxygen atoms in total. The van der Waals surface area contributed by atoms with Crippen molar-refractivity contribution >= 4 is 11.0 Å². The van der Waals surface area contributed by atoms with Gasteiger partial charge in [-0.1, -0.05) is 18.2 Å². The zero-order valence-corrected chi connectivity index (χ0v) is 16.3. The second kappa shape index (κ2) is 7.50. The molecule has 1 heterocycles. The Morgan fingerprint density at radius 2 is 1.69 bits per heavy atom. The molecule has 0 saturated carbocycles. The number of hydrogen-bond acceptors (Lipinski definition) is 3. The van der Waals surface area contributed by atoms with Gasteiger partial charge < -0.3 is 14.4 Å². The van der Waals surface area contributed by atoms with Crippen molar-refractivity contribution in [3.05, 3.63) is 58.4 Å². The highest BCUT2D eigenvalue weighted by atomic mass is 16.5. The van der Waals surface area contributed by atoms with Crippen LogP contribution in [0, 0.1) is 27.7 Å². The third-order valence-corrected chi connectivity index (χ3v) is 4.95. The molecule has 0 aliphatic rings. The summed E-state index contributed by atoms with van der Waals surface area (Å²) >= 11 is 0. The van der Waals surface area contributed by atoms with E-state index < -0.39 is 6.10 Å². The number of nitrogens with zero attached hydrogens (tertiary/aromatic N) is 2. The van der Waals surface area contributed by atoms with Crippen molar-refractivity contribution in [2.24, 2.45) is 0 Å². The van der Waals surface area contributed by atoms with E-state index in [1.165, 1.54) is 11.1 Å². The number of aryl methyl sites for hydroxylation is 5. The molecule has 0 fully saturated rings. The third kappa shape index (κ3) is 3.61. The highest BCUT2D eigenvalue weighted by Gasteiger charge is 2.15. The molecular weight excluding hydrogens is 324 g/mol. The van der Waals surface area contributed by atoms with Crippen LogP contribution < -0.4 is 4.74 Å². The molecule has 0 saturated heterocycles. The average Bonchev–Trinajstić information content (AvgIpc) is 2.92. The molecule has 1 N–H and O–H groups in total. The quantitative estimate of drug-likeness (QED) is 0.649. The van der Waals surface area contributed by atoms with Gasteiger partial charge in [0, 0.05) is 6.54 Å². The van der Waals surface area contributed by atoms with Gasteiger partial charge in [-0.25, -0.2) is 4.98 Å². The van der Waals surface area contributed by atoms with Gasteiger partial charge in [-0.3, -0.25) is 0 Å². The minimum Gasteiger partial charge on any atom is -0.493 e. The van der Waals surface area contributed by atoms with Gasteiger partial charge in [0.15, 0.2) is 0 Å². The van der Waals surface area contributed by atoms with Crippen LogP contribution in [0.5, 0.6) is 5.75 Å². The molecule has 2 aromatic carbocycles. The Labute approximate surface area is 155 Å². The lowest BCUT2D eigenvalue weighted by Gasteiger charge is -2.14. The van der Waals surface area contributed by atoms with Crippen LogP contribution in [0.25, 0.3) is 11.0 Å². The van der Waals surface area contributed by atoms with Gasteiger partial charge >= 0.3 is 0 Å². The Bertz CT molecular complexity index is 905. The number of benzene rings is 2.